The molecule has 0 unspecified atom stereocenters. The maximum atomic E-state index is 12.7. The van der Waals surface area contributed by atoms with Gasteiger partial charge in [0.1, 0.15) is 5.75 Å². The SMILES string of the molecule is CCCCOc1ccccc1C(=O)Nc1ccc(S(=O)(=O)NC2CCCCC2)cc1. The van der Waals surface area contributed by atoms with Crippen LogP contribution in [-0.2, 0) is 10.0 Å². The number of rotatable bonds is 9. The lowest BCUT2D eigenvalue weighted by atomic mass is 9.96. The molecule has 0 saturated heterocycles. The Balaban J connectivity index is 1.65. The summed E-state index contributed by atoms with van der Waals surface area (Å²) in [4.78, 5) is 12.9. The molecule has 162 valence electrons. The van der Waals surface area contributed by atoms with E-state index in [1.165, 1.54) is 18.6 Å². The Kier molecular flexibility index (Phi) is 7.87. The number of nitrogens with one attached hydrogen (secondary N) is 2. The van der Waals surface area contributed by atoms with Crippen molar-refractivity contribution in [1.82, 2.24) is 4.72 Å². The first kappa shape index (κ1) is 22.3. The van der Waals surface area contributed by atoms with Crippen LogP contribution in [0.4, 0.5) is 5.69 Å². The number of sulfonamides is 1. The highest BCUT2D eigenvalue weighted by atomic mass is 32.2. The lowest BCUT2D eigenvalue weighted by Crippen LogP contribution is -2.36. The summed E-state index contributed by atoms with van der Waals surface area (Å²) in [6.45, 7) is 2.64. The molecule has 3 rings (SSSR count). The molecular weight excluding hydrogens is 400 g/mol. The normalized spacial score (nSPS) is 15.0. The van der Waals surface area contributed by atoms with Gasteiger partial charge in [-0.05, 0) is 55.7 Å². The lowest BCUT2D eigenvalue weighted by Gasteiger charge is -2.22. The number of para-hydroxylation sites is 1. The number of amides is 1. The molecule has 1 fully saturated rings. The van der Waals surface area contributed by atoms with Crippen molar-refractivity contribution in [2.45, 2.75) is 62.8 Å². The van der Waals surface area contributed by atoms with Gasteiger partial charge in [0.15, 0.2) is 0 Å². The fraction of sp³-hybridized carbons (Fsp3) is 0.435. The van der Waals surface area contributed by atoms with Gasteiger partial charge in [-0.2, -0.15) is 0 Å². The van der Waals surface area contributed by atoms with E-state index in [0.29, 0.717) is 23.6 Å². The van der Waals surface area contributed by atoms with Gasteiger partial charge in [-0.1, -0.05) is 44.7 Å². The number of anilines is 1. The van der Waals surface area contributed by atoms with Gasteiger partial charge in [0.25, 0.3) is 5.91 Å². The standard InChI is InChI=1S/C23H30N2O4S/c1-2-3-17-29-22-12-8-7-11-21(22)23(26)24-18-13-15-20(16-14-18)30(27,28)25-19-9-5-4-6-10-19/h7-8,11-16,19,25H,2-6,9-10,17H2,1H3,(H,24,26). The molecule has 0 atom stereocenters. The molecular formula is C23H30N2O4S. The van der Waals surface area contributed by atoms with Crippen LogP contribution in [-0.4, -0.2) is 27.0 Å². The first-order valence-electron chi connectivity index (χ1n) is 10.6. The van der Waals surface area contributed by atoms with Crippen molar-refractivity contribution in [3.8, 4) is 5.75 Å². The van der Waals surface area contributed by atoms with Crippen LogP contribution < -0.4 is 14.8 Å². The number of ether oxygens (including phenoxy) is 1. The van der Waals surface area contributed by atoms with E-state index in [9.17, 15) is 13.2 Å². The van der Waals surface area contributed by atoms with Crippen LogP contribution in [0.25, 0.3) is 0 Å². The zero-order valence-corrected chi connectivity index (χ0v) is 18.2. The number of carbonyl (C=O) groups is 1. The Hall–Kier alpha value is -2.38. The van der Waals surface area contributed by atoms with Crippen LogP contribution in [0.5, 0.6) is 5.75 Å². The highest BCUT2D eigenvalue weighted by Crippen LogP contribution is 2.22. The fourth-order valence-electron chi connectivity index (χ4n) is 3.53. The van der Waals surface area contributed by atoms with E-state index in [4.69, 9.17) is 4.74 Å². The summed E-state index contributed by atoms with van der Waals surface area (Å²) in [6, 6.07) is 13.4. The predicted octanol–water partition coefficient (Wildman–Crippen LogP) is 4.73. The fourth-order valence-corrected chi connectivity index (χ4v) is 4.84. The zero-order valence-electron chi connectivity index (χ0n) is 17.4. The largest absolute Gasteiger partial charge is 0.493 e. The van der Waals surface area contributed by atoms with Crippen molar-refractivity contribution in [2.24, 2.45) is 0 Å². The van der Waals surface area contributed by atoms with Gasteiger partial charge >= 0.3 is 0 Å². The maximum absolute atomic E-state index is 12.7. The van der Waals surface area contributed by atoms with Gasteiger partial charge < -0.3 is 10.1 Å². The van der Waals surface area contributed by atoms with E-state index in [1.54, 1.807) is 30.3 Å². The molecule has 1 saturated carbocycles. The van der Waals surface area contributed by atoms with Gasteiger partial charge in [-0.25, -0.2) is 13.1 Å². The Labute approximate surface area is 179 Å². The molecule has 7 heteroatoms. The smallest absolute Gasteiger partial charge is 0.259 e. The monoisotopic (exact) mass is 430 g/mol. The molecule has 0 aromatic heterocycles. The third-order valence-electron chi connectivity index (χ3n) is 5.24. The van der Waals surface area contributed by atoms with Crippen molar-refractivity contribution in [3.63, 3.8) is 0 Å². The Morgan fingerprint density at radius 3 is 2.43 bits per heavy atom. The van der Waals surface area contributed by atoms with Crippen LogP contribution >= 0.6 is 0 Å². The Morgan fingerprint density at radius 1 is 1.03 bits per heavy atom. The number of carbonyl (C=O) groups excluding carboxylic acids is 1. The van der Waals surface area contributed by atoms with Crippen molar-refractivity contribution in [3.05, 3.63) is 54.1 Å². The van der Waals surface area contributed by atoms with E-state index in [-0.39, 0.29) is 16.8 Å². The van der Waals surface area contributed by atoms with Gasteiger partial charge in [0, 0.05) is 11.7 Å². The van der Waals surface area contributed by atoms with Crippen molar-refractivity contribution < 1.29 is 17.9 Å². The zero-order chi connectivity index (χ0) is 21.4. The summed E-state index contributed by atoms with van der Waals surface area (Å²) in [7, 11) is -3.56. The summed E-state index contributed by atoms with van der Waals surface area (Å²) >= 11 is 0. The second kappa shape index (κ2) is 10.6. The third-order valence-corrected chi connectivity index (χ3v) is 6.77. The third kappa shape index (κ3) is 6.06. The quantitative estimate of drug-likeness (QED) is 0.563. The molecule has 0 radical (unpaired) electrons. The highest BCUT2D eigenvalue weighted by Gasteiger charge is 2.22. The van der Waals surface area contributed by atoms with Crippen LogP contribution in [0.3, 0.4) is 0 Å². The second-order valence-corrected chi connectivity index (χ2v) is 9.35. The molecule has 6 nitrogen and oxygen atoms in total. The predicted molar refractivity (Wildman–Crippen MR) is 118 cm³/mol. The van der Waals surface area contributed by atoms with E-state index >= 15 is 0 Å². The van der Waals surface area contributed by atoms with Gasteiger partial charge in [0.2, 0.25) is 10.0 Å². The summed E-state index contributed by atoms with van der Waals surface area (Å²) in [5, 5.41) is 2.81. The second-order valence-electron chi connectivity index (χ2n) is 7.63. The molecule has 0 aliphatic heterocycles. The van der Waals surface area contributed by atoms with Gasteiger partial charge in [0.05, 0.1) is 17.1 Å². The molecule has 1 amide bonds. The summed E-state index contributed by atoms with van der Waals surface area (Å²) < 4.78 is 33.7. The van der Waals surface area contributed by atoms with E-state index in [1.807, 2.05) is 6.07 Å². The number of hydrogen-bond donors (Lipinski definition) is 2. The Bertz CT molecular complexity index is 936. The first-order chi connectivity index (χ1) is 14.5. The molecule has 1 aliphatic carbocycles. The van der Waals surface area contributed by atoms with Gasteiger partial charge in [-0.15, -0.1) is 0 Å². The maximum Gasteiger partial charge on any atom is 0.259 e. The Morgan fingerprint density at radius 2 is 1.73 bits per heavy atom. The van der Waals surface area contributed by atoms with Crippen LogP contribution in [0.15, 0.2) is 53.4 Å². The molecule has 2 N–H and O–H groups in total. The molecule has 1 aliphatic rings. The van der Waals surface area contributed by atoms with Crippen LogP contribution in [0, 0.1) is 0 Å². The van der Waals surface area contributed by atoms with Gasteiger partial charge in [-0.3, -0.25) is 4.79 Å². The topological polar surface area (TPSA) is 84.5 Å². The van der Waals surface area contributed by atoms with Crippen molar-refractivity contribution in [2.75, 3.05) is 11.9 Å². The van der Waals surface area contributed by atoms with Crippen molar-refractivity contribution in [1.29, 1.82) is 0 Å². The van der Waals surface area contributed by atoms with E-state index in [2.05, 4.69) is 17.0 Å². The van der Waals surface area contributed by atoms with Crippen molar-refractivity contribution >= 4 is 21.6 Å². The number of benzene rings is 2. The number of unbranched alkanes of at least 4 members (excludes halogenated alkanes) is 1. The summed E-state index contributed by atoms with van der Waals surface area (Å²) in [5.41, 5.74) is 0.976. The average Bonchev–Trinajstić information content (AvgIpc) is 2.75. The molecule has 0 spiro atoms. The minimum Gasteiger partial charge on any atom is -0.493 e. The molecule has 0 bridgehead atoms. The number of hydrogen-bond acceptors (Lipinski definition) is 4. The first-order valence-corrected chi connectivity index (χ1v) is 12.1. The molecule has 2 aromatic carbocycles. The van der Waals surface area contributed by atoms with Crippen LogP contribution in [0.2, 0.25) is 0 Å². The van der Waals surface area contributed by atoms with E-state index in [0.717, 1.165) is 38.5 Å². The summed E-state index contributed by atoms with van der Waals surface area (Å²) in [6.07, 6.45) is 6.98. The highest BCUT2D eigenvalue weighted by molar-refractivity contribution is 7.89. The average molecular weight is 431 g/mol. The minimum absolute atomic E-state index is 0.00680. The lowest BCUT2D eigenvalue weighted by molar-refractivity contribution is 0.102. The summed E-state index contributed by atoms with van der Waals surface area (Å²) in [5.74, 6) is 0.248. The van der Waals surface area contributed by atoms with E-state index < -0.39 is 10.0 Å². The minimum atomic E-state index is -3.56. The molecule has 30 heavy (non-hydrogen) atoms. The molecule has 0 heterocycles. The molecule has 2 aromatic rings. The van der Waals surface area contributed by atoms with Crippen LogP contribution in [0.1, 0.15) is 62.2 Å².